The molecule has 0 aliphatic heterocycles. The van der Waals surface area contributed by atoms with Crippen LogP contribution in [0.25, 0.3) is 0 Å². The first-order valence-electron chi connectivity index (χ1n) is 6.20. The van der Waals surface area contributed by atoms with E-state index in [4.69, 9.17) is 5.11 Å². The van der Waals surface area contributed by atoms with Gasteiger partial charge in [0.1, 0.15) is 5.25 Å². The topological polar surface area (TPSA) is 75.4 Å². The Morgan fingerprint density at radius 1 is 1.40 bits per heavy atom. The van der Waals surface area contributed by atoms with Crippen molar-refractivity contribution >= 4 is 17.7 Å². The number of nitrogens with zero attached hydrogens (tertiary/aromatic N) is 2. The lowest BCUT2D eigenvalue weighted by Gasteiger charge is -2.09. The predicted octanol–water partition coefficient (Wildman–Crippen LogP) is 1.99. The van der Waals surface area contributed by atoms with Crippen LogP contribution in [0, 0.1) is 0 Å². The molecule has 0 amide bonds. The van der Waals surface area contributed by atoms with Gasteiger partial charge in [0.05, 0.1) is 12.3 Å². The Balaban J connectivity index is 2.22. The van der Waals surface area contributed by atoms with E-state index in [-0.39, 0.29) is 6.61 Å². The van der Waals surface area contributed by atoms with E-state index >= 15 is 0 Å². The number of aromatic nitrogens is 2. The van der Waals surface area contributed by atoms with Crippen molar-refractivity contribution in [2.24, 2.45) is 0 Å². The number of hydrogen-bond acceptors (Lipinski definition) is 4. The Labute approximate surface area is 121 Å². The summed E-state index contributed by atoms with van der Waals surface area (Å²) in [6.45, 7) is 2.06. The van der Waals surface area contributed by atoms with Crippen LogP contribution in [0.2, 0.25) is 0 Å². The van der Waals surface area contributed by atoms with Gasteiger partial charge in [-0.3, -0.25) is 4.79 Å². The number of carboxylic acid groups (broad SMARTS) is 1. The maximum absolute atomic E-state index is 10.9. The predicted molar refractivity (Wildman–Crippen MR) is 76.6 cm³/mol. The van der Waals surface area contributed by atoms with Gasteiger partial charge in [-0.2, -0.15) is 0 Å². The molecule has 0 fully saturated rings. The highest BCUT2D eigenvalue weighted by atomic mass is 32.2. The average molecular weight is 292 g/mol. The molecule has 0 aliphatic carbocycles. The van der Waals surface area contributed by atoms with Crippen LogP contribution >= 0.6 is 11.8 Å². The van der Waals surface area contributed by atoms with Gasteiger partial charge in [-0.15, -0.1) is 0 Å². The minimum absolute atomic E-state index is 0.156. The van der Waals surface area contributed by atoms with Crippen molar-refractivity contribution in [1.29, 1.82) is 0 Å². The maximum atomic E-state index is 10.9. The van der Waals surface area contributed by atoms with Crippen molar-refractivity contribution in [2.45, 2.75) is 30.5 Å². The third kappa shape index (κ3) is 3.61. The molecule has 2 rings (SSSR count). The van der Waals surface area contributed by atoms with Crippen molar-refractivity contribution in [2.75, 3.05) is 0 Å². The molecule has 0 unspecified atom stereocenters. The molecule has 2 N–H and O–H groups in total. The third-order valence-corrected chi connectivity index (χ3v) is 3.87. The SMILES string of the molecule is C[C@H](Sc1nc(CO)cn1Cc1ccccc1)C(=O)O. The molecule has 1 heterocycles. The third-order valence-electron chi connectivity index (χ3n) is 2.78. The molecule has 0 radical (unpaired) electrons. The van der Waals surface area contributed by atoms with E-state index in [2.05, 4.69) is 4.98 Å². The molecular formula is C14H16N2O3S. The molecule has 5 nitrogen and oxygen atoms in total. The van der Waals surface area contributed by atoms with Gasteiger partial charge in [0, 0.05) is 12.7 Å². The Hall–Kier alpha value is -1.79. The highest BCUT2D eigenvalue weighted by molar-refractivity contribution is 8.00. The molecule has 6 heteroatoms. The van der Waals surface area contributed by atoms with Crippen molar-refractivity contribution in [3.8, 4) is 0 Å². The highest BCUT2D eigenvalue weighted by Crippen LogP contribution is 2.24. The van der Waals surface area contributed by atoms with Gasteiger partial charge in [-0.05, 0) is 12.5 Å². The lowest BCUT2D eigenvalue weighted by molar-refractivity contribution is -0.136. The zero-order chi connectivity index (χ0) is 14.5. The molecule has 0 bridgehead atoms. The lowest BCUT2D eigenvalue weighted by Crippen LogP contribution is -2.13. The number of imidazole rings is 1. The quantitative estimate of drug-likeness (QED) is 0.796. The van der Waals surface area contributed by atoms with Gasteiger partial charge < -0.3 is 14.8 Å². The summed E-state index contributed by atoms with van der Waals surface area (Å²) in [5.41, 5.74) is 1.64. The van der Waals surface area contributed by atoms with E-state index in [9.17, 15) is 9.90 Å². The molecular weight excluding hydrogens is 276 g/mol. The molecule has 1 aromatic heterocycles. The molecule has 0 aliphatic rings. The number of hydrogen-bond donors (Lipinski definition) is 2. The second kappa shape index (κ2) is 6.58. The number of rotatable bonds is 6. The van der Waals surface area contributed by atoms with Gasteiger partial charge >= 0.3 is 5.97 Å². The van der Waals surface area contributed by atoms with Crippen molar-refractivity contribution in [3.63, 3.8) is 0 Å². The number of carboxylic acids is 1. The number of aliphatic hydroxyl groups excluding tert-OH is 1. The summed E-state index contributed by atoms with van der Waals surface area (Å²) in [6.07, 6.45) is 1.75. The first-order chi connectivity index (χ1) is 9.60. The minimum atomic E-state index is -0.880. The van der Waals surface area contributed by atoms with Crippen LogP contribution in [0.4, 0.5) is 0 Å². The standard InChI is InChI=1S/C14H16N2O3S/c1-10(13(18)19)20-14-15-12(9-17)8-16(14)7-11-5-3-2-4-6-11/h2-6,8,10,17H,7,9H2,1H3,(H,18,19)/t10-/m0/s1. The molecule has 0 saturated heterocycles. The number of thioether (sulfide) groups is 1. The number of carbonyl (C=O) groups is 1. The van der Waals surface area contributed by atoms with Crippen LogP contribution in [0.5, 0.6) is 0 Å². The second-order valence-electron chi connectivity index (χ2n) is 4.38. The summed E-state index contributed by atoms with van der Waals surface area (Å²) in [5.74, 6) is -0.880. The van der Waals surface area contributed by atoms with Crippen LogP contribution in [-0.4, -0.2) is 31.0 Å². The number of aliphatic hydroxyl groups is 1. The van der Waals surface area contributed by atoms with Crippen LogP contribution in [0.15, 0.2) is 41.7 Å². The smallest absolute Gasteiger partial charge is 0.316 e. The Kier molecular flexibility index (Phi) is 4.81. The number of aliphatic carboxylic acids is 1. The van der Waals surface area contributed by atoms with E-state index in [0.29, 0.717) is 17.4 Å². The Morgan fingerprint density at radius 3 is 2.70 bits per heavy atom. The molecule has 0 spiro atoms. The minimum Gasteiger partial charge on any atom is -0.480 e. The molecule has 1 aromatic carbocycles. The van der Waals surface area contributed by atoms with E-state index in [1.807, 2.05) is 34.9 Å². The monoisotopic (exact) mass is 292 g/mol. The van der Waals surface area contributed by atoms with Crippen LogP contribution in [-0.2, 0) is 17.9 Å². The summed E-state index contributed by atoms with van der Waals surface area (Å²) in [4.78, 5) is 15.2. The van der Waals surface area contributed by atoms with E-state index in [1.165, 1.54) is 11.8 Å². The first-order valence-corrected chi connectivity index (χ1v) is 7.08. The average Bonchev–Trinajstić information content (AvgIpc) is 2.82. The van der Waals surface area contributed by atoms with Crippen LogP contribution in [0.3, 0.4) is 0 Å². The zero-order valence-electron chi connectivity index (χ0n) is 11.1. The molecule has 2 aromatic rings. The lowest BCUT2D eigenvalue weighted by atomic mass is 10.2. The van der Waals surface area contributed by atoms with E-state index in [0.717, 1.165) is 5.56 Å². The maximum Gasteiger partial charge on any atom is 0.316 e. The first kappa shape index (κ1) is 14.6. The van der Waals surface area contributed by atoms with Gasteiger partial charge in [0.2, 0.25) is 0 Å². The fourth-order valence-corrected chi connectivity index (χ4v) is 2.56. The van der Waals surface area contributed by atoms with Gasteiger partial charge in [-0.25, -0.2) is 4.98 Å². The van der Waals surface area contributed by atoms with Gasteiger partial charge in [0.25, 0.3) is 0 Å². The summed E-state index contributed by atoms with van der Waals surface area (Å²) in [6, 6.07) is 9.83. The summed E-state index contributed by atoms with van der Waals surface area (Å²) in [7, 11) is 0. The fraction of sp³-hybridized carbons (Fsp3) is 0.286. The van der Waals surface area contributed by atoms with Crippen LogP contribution in [0.1, 0.15) is 18.2 Å². The Morgan fingerprint density at radius 2 is 2.10 bits per heavy atom. The zero-order valence-corrected chi connectivity index (χ0v) is 11.9. The summed E-state index contributed by atoms with van der Waals surface area (Å²) >= 11 is 1.17. The summed E-state index contributed by atoms with van der Waals surface area (Å²) < 4.78 is 1.87. The largest absolute Gasteiger partial charge is 0.480 e. The molecule has 20 heavy (non-hydrogen) atoms. The number of benzene rings is 1. The van der Waals surface area contributed by atoms with Crippen molar-refractivity contribution in [3.05, 3.63) is 47.8 Å². The molecule has 0 saturated carbocycles. The van der Waals surface area contributed by atoms with E-state index in [1.54, 1.807) is 13.1 Å². The van der Waals surface area contributed by atoms with Crippen molar-refractivity contribution < 1.29 is 15.0 Å². The second-order valence-corrected chi connectivity index (χ2v) is 5.69. The van der Waals surface area contributed by atoms with E-state index < -0.39 is 11.2 Å². The van der Waals surface area contributed by atoms with Gasteiger partial charge in [-0.1, -0.05) is 42.1 Å². The fourth-order valence-electron chi connectivity index (χ4n) is 1.72. The normalized spacial score (nSPS) is 12.3. The molecule has 106 valence electrons. The van der Waals surface area contributed by atoms with Crippen molar-refractivity contribution in [1.82, 2.24) is 9.55 Å². The highest BCUT2D eigenvalue weighted by Gasteiger charge is 2.17. The Bertz CT molecular complexity index is 583. The summed E-state index contributed by atoms with van der Waals surface area (Å²) in [5, 5.41) is 18.2. The van der Waals surface area contributed by atoms with Gasteiger partial charge in [0.15, 0.2) is 5.16 Å². The van der Waals surface area contributed by atoms with Crippen LogP contribution < -0.4 is 0 Å². The molecule has 1 atom stereocenters.